The van der Waals surface area contributed by atoms with Crippen molar-refractivity contribution in [3.8, 4) is 0 Å². The van der Waals surface area contributed by atoms with Crippen LogP contribution >= 0.6 is 31.9 Å². The minimum Gasteiger partial charge on any atom is -0.382 e. The van der Waals surface area contributed by atoms with E-state index >= 15 is 0 Å². The van der Waals surface area contributed by atoms with Crippen LogP contribution in [0.2, 0.25) is 0 Å². The Morgan fingerprint density at radius 3 is 2.48 bits per heavy atom. The SMILES string of the molecule is COCc1c(Br)cccc1NC(C)Cc1ccc(Br)cc1. The fourth-order valence-electron chi connectivity index (χ4n) is 2.28. The van der Waals surface area contributed by atoms with Crippen LogP contribution in [-0.2, 0) is 17.8 Å². The molecule has 2 aromatic carbocycles. The third-order valence-corrected chi connectivity index (χ3v) is 4.54. The van der Waals surface area contributed by atoms with E-state index in [1.54, 1.807) is 7.11 Å². The normalized spacial score (nSPS) is 12.2. The summed E-state index contributed by atoms with van der Waals surface area (Å²) in [6.45, 7) is 2.79. The van der Waals surface area contributed by atoms with E-state index in [1.165, 1.54) is 5.56 Å². The molecule has 4 heteroatoms. The van der Waals surface area contributed by atoms with E-state index in [9.17, 15) is 0 Å². The molecule has 2 rings (SSSR count). The van der Waals surface area contributed by atoms with Crippen molar-refractivity contribution in [3.05, 3.63) is 62.5 Å². The number of anilines is 1. The second kappa shape index (κ2) is 7.97. The van der Waals surface area contributed by atoms with Crippen LogP contribution < -0.4 is 5.32 Å². The van der Waals surface area contributed by atoms with Crippen molar-refractivity contribution in [1.82, 2.24) is 0 Å². The Kier molecular flexibility index (Phi) is 6.27. The first-order valence-corrected chi connectivity index (χ1v) is 8.46. The highest BCUT2D eigenvalue weighted by Crippen LogP contribution is 2.26. The summed E-state index contributed by atoms with van der Waals surface area (Å²) in [6, 6.07) is 15.0. The van der Waals surface area contributed by atoms with Gasteiger partial charge in [-0.25, -0.2) is 0 Å². The average molecular weight is 413 g/mol. The van der Waals surface area contributed by atoms with Gasteiger partial charge in [0.25, 0.3) is 0 Å². The van der Waals surface area contributed by atoms with Crippen LogP contribution in [0.5, 0.6) is 0 Å². The zero-order chi connectivity index (χ0) is 15.2. The number of nitrogens with one attached hydrogen (secondary N) is 1. The summed E-state index contributed by atoms with van der Waals surface area (Å²) in [6.07, 6.45) is 0.978. The number of ether oxygens (including phenoxy) is 1. The average Bonchev–Trinajstić information content (AvgIpc) is 2.45. The minimum absolute atomic E-state index is 0.344. The van der Waals surface area contributed by atoms with Crippen LogP contribution in [0, 0.1) is 0 Å². The molecule has 1 atom stereocenters. The fraction of sp³-hybridized carbons (Fsp3) is 0.294. The third kappa shape index (κ3) is 4.83. The molecule has 1 unspecified atom stereocenters. The van der Waals surface area contributed by atoms with E-state index < -0.39 is 0 Å². The topological polar surface area (TPSA) is 21.3 Å². The molecule has 0 aromatic heterocycles. The van der Waals surface area contributed by atoms with Crippen LogP contribution in [0.1, 0.15) is 18.1 Å². The maximum Gasteiger partial charge on any atom is 0.0744 e. The lowest BCUT2D eigenvalue weighted by Gasteiger charge is -2.19. The van der Waals surface area contributed by atoms with Gasteiger partial charge >= 0.3 is 0 Å². The molecule has 0 heterocycles. The summed E-state index contributed by atoms with van der Waals surface area (Å²) < 4.78 is 7.47. The lowest BCUT2D eigenvalue weighted by molar-refractivity contribution is 0.185. The van der Waals surface area contributed by atoms with Crippen LogP contribution in [0.3, 0.4) is 0 Å². The van der Waals surface area contributed by atoms with E-state index in [2.05, 4.69) is 74.4 Å². The van der Waals surface area contributed by atoms with Crippen molar-refractivity contribution in [2.24, 2.45) is 0 Å². The van der Waals surface area contributed by atoms with Gasteiger partial charge < -0.3 is 10.1 Å². The quantitative estimate of drug-likeness (QED) is 0.685. The summed E-state index contributed by atoms with van der Waals surface area (Å²) in [5.74, 6) is 0. The first-order chi connectivity index (χ1) is 10.1. The van der Waals surface area contributed by atoms with E-state index in [0.29, 0.717) is 12.6 Å². The highest BCUT2D eigenvalue weighted by atomic mass is 79.9. The largest absolute Gasteiger partial charge is 0.382 e. The highest BCUT2D eigenvalue weighted by molar-refractivity contribution is 9.10. The Balaban J connectivity index is 2.07. The maximum absolute atomic E-state index is 5.29. The Bertz CT molecular complexity index is 584. The molecule has 0 spiro atoms. The summed E-state index contributed by atoms with van der Waals surface area (Å²) in [4.78, 5) is 0. The molecule has 0 radical (unpaired) electrons. The Morgan fingerprint density at radius 1 is 1.10 bits per heavy atom. The molecule has 0 aliphatic carbocycles. The molecule has 2 nitrogen and oxygen atoms in total. The monoisotopic (exact) mass is 411 g/mol. The number of halogens is 2. The number of hydrogen-bond acceptors (Lipinski definition) is 2. The Hall–Kier alpha value is -0.840. The second-order valence-corrected chi connectivity index (χ2v) is 6.84. The van der Waals surface area contributed by atoms with Gasteiger partial charge in [0.1, 0.15) is 0 Å². The standard InChI is InChI=1S/C17H19Br2NO/c1-12(10-13-6-8-14(18)9-7-13)20-17-5-3-4-16(19)15(17)11-21-2/h3-9,12,20H,10-11H2,1-2H3. The van der Waals surface area contributed by atoms with Crippen molar-refractivity contribution in [1.29, 1.82) is 0 Å². The van der Waals surface area contributed by atoms with Gasteiger partial charge in [-0.1, -0.05) is 50.1 Å². The Labute approximate surface area is 143 Å². The zero-order valence-corrected chi connectivity index (χ0v) is 15.4. The smallest absolute Gasteiger partial charge is 0.0744 e. The first-order valence-electron chi connectivity index (χ1n) is 6.87. The summed E-state index contributed by atoms with van der Waals surface area (Å²) >= 11 is 7.05. The van der Waals surface area contributed by atoms with Crippen LogP contribution in [0.15, 0.2) is 51.4 Å². The van der Waals surface area contributed by atoms with E-state index in [4.69, 9.17) is 4.74 Å². The first kappa shape index (κ1) is 16.5. The number of rotatable bonds is 6. The molecule has 21 heavy (non-hydrogen) atoms. The van der Waals surface area contributed by atoms with Crippen molar-refractivity contribution in [3.63, 3.8) is 0 Å². The lowest BCUT2D eigenvalue weighted by atomic mass is 10.1. The van der Waals surface area contributed by atoms with Gasteiger partial charge in [-0.15, -0.1) is 0 Å². The number of benzene rings is 2. The second-order valence-electron chi connectivity index (χ2n) is 5.07. The number of hydrogen-bond donors (Lipinski definition) is 1. The van der Waals surface area contributed by atoms with Gasteiger partial charge in [-0.05, 0) is 43.2 Å². The van der Waals surface area contributed by atoms with E-state index in [-0.39, 0.29) is 0 Å². The van der Waals surface area contributed by atoms with Gasteiger partial charge in [0, 0.05) is 33.3 Å². The third-order valence-electron chi connectivity index (χ3n) is 3.26. The van der Waals surface area contributed by atoms with Crippen molar-refractivity contribution < 1.29 is 4.74 Å². The highest BCUT2D eigenvalue weighted by Gasteiger charge is 2.10. The summed E-state index contributed by atoms with van der Waals surface area (Å²) in [5.41, 5.74) is 3.60. The van der Waals surface area contributed by atoms with Crippen molar-refractivity contribution in [2.75, 3.05) is 12.4 Å². The molecule has 0 saturated carbocycles. The van der Waals surface area contributed by atoms with Crippen LogP contribution in [0.25, 0.3) is 0 Å². The van der Waals surface area contributed by atoms with Gasteiger partial charge in [0.15, 0.2) is 0 Å². The van der Waals surface area contributed by atoms with Crippen LogP contribution in [0.4, 0.5) is 5.69 Å². The molecule has 0 saturated heterocycles. The summed E-state index contributed by atoms with van der Waals surface area (Å²) in [5, 5.41) is 3.58. The predicted molar refractivity (Wildman–Crippen MR) is 95.8 cm³/mol. The molecule has 0 aliphatic heterocycles. The van der Waals surface area contributed by atoms with Gasteiger partial charge in [-0.3, -0.25) is 0 Å². The van der Waals surface area contributed by atoms with Crippen LogP contribution in [-0.4, -0.2) is 13.2 Å². The molecule has 2 aromatic rings. The number of methoxy groups -OCH3 is 1. The summed E-state index contributed by atoms with van der Waals surface area (Å²) in [7, 11) is 1.72. The molecular formula is C17H19Br2NO. The maximum atomic E-state index is 5.29. The van der Waals surface area contributed by atoms with Crippen molar-refractivity contribution >= 4 is 37.5 Å². The zero-order valence-electron chi connectivity index (χ0n) is 12.2. The van der Waals surface area contributed by atoms with E-state index in [1.807, 2.05) is 12.1 Å². The van der Waals surface area contributed by atoms with Gasteiger partial charge in [0.05, 0.1) is 6.61 Å². The molecule has 0 amide bonds. The van der Waals surface area contributed by atoms with Crippen molar-refractivity contribution in [2.45, 2.75) is 26.0 Å². The van der Waals surface area contributed by atoms with Gasteiger partial charge in [0.2, 0.25) is 0 Å². The molecule has 0 fully saturated rings. The Morgan fingerprint density at radius 2 is 1.81 bits per heavy atom. The fourth-order valence-corrected chi connectivity index (χ4v) is 3.02. The minimum atomic E-state index is 0.344. The molecular weight excluding hydrogens is 394 g/mol. The molecule has 112 valence electrons. The molecule has 1 N–H and O–H groups in total. The molecule has 0 bridgehead atoms. The van der Waals surface area contributed by atoms with E-state index in [0.717, 1.165) is 26.6 Å². The lowest BCUT2D eigenvalue weighted by Crippen LogP contribution is -2.19. The predicted octanol–water partition coefficient (Wildman–Crippen LogP) is 5.40. The molecule has 0 aliphatic rings. The van der Waals surface area contributed by atoms with Gasteiger partial charge in [-0.2, -0.15) is 0 Å².